The molecule has 2 aromatic heterocycles. The zero-order valence-corrected chi connectivity index (χ0v) is 13.5. The summed E-state index contributed by atoms with van der Waals surface area (Å²) in [5.74, 6) is 0.809. The van der Waals surface area contributed by atoms with Gasteiger partial charge in [0, 0.05) is 6.08 Å². The molecule has 0 N–H and O–H groups in total. The molecule has 4 rings (SSSR count). The van der Waals surface area contributed by atoms with E-state index >= 15 is 0 Å². The van der Waals surface area contributed by atoms with E-state index in [1.54, 1.807) is 31.2 Å². The van der Waals surface area contributed by atoms with E-state index in [1.807, 2.05) is 42.5 Å². The molecule has 2 heterocycles. The van der Waals surface area contributed by atoms with Crippen LogP contribution in [0.4, 0.5) is 0 Å². The quantitative estimate of drug-likeness (QED) is 0.576. The lowest BCUT2D eigenvalue weighted by Gasteiger charge is -2.05. The molecule has 122 valence electrons. The highest BCUT2D eigenvalue weighted by molar-refractivity contribution is 5.77. The normalized spacial score (nSPS) is 11.4. The third-order valence-electron chi connectivity index (χ3n) is 3.78. The average molecular weight is 330 g/mol. The first-order valence-corrected chi connectivity index (χ1v) is 7.78. The van der Waals surface area contributed by atoms with E-state index in [2.05, 4.69) is 15.2 Å². The first-order valence-electron chi connectivity index (χ1n) is 7.78. The number of aromatic nitrogens is 4. The van der Waals surface area contributed by atoms with Crippen molar-refractivity contribution in [1.82, 2.24) is 19.7 Å². The third-order valence-corrected chi connectivity index (χ3v) is 3.78. The van der Waals surface area contributed by atoms with E-state index in [4.69, 9.17) is 4.42 Å². The molecule has 0 fully saturated rings. The topological polar surface area (TPSA) is 73.8 Å². The van der Waals surface area contributed by atoms with Crippen LogP contribution in [-0.2, 0) is 0 Å². The summed E-state index contributed by atoms with van der Waals surface area (Å²) in [4.78, 5) is 17.1. The van der Waals surface area contributed by atoms with Crippen LogP contribution in [0.5, 0.6) is 0 Å². The van der Waals surface area contributed by atoms with Crippen molar-refractivity contribution >= 4 is 23.1 Å². The van der Waals surface area contributed by atoms with Crippen LogP contribution < -0.4 is 5.56 Å². The van der Waals surface area contributed by atoms with Crippen molar-refractivity contribution in [2.24, 2.45) is 0 Å². The van der Waals surface area contributed by atoms with Crippen LogP contribution >= 0.6 is 0 Å². The first kappa shape index (κ1) is 15.0. The number of benzene rings is 2. The van der Waals surface area contributed by atoms with Crippen LogP contribution in [-0.4, -0.2) is 19.7 Å². The molecule has 0 saturated heterocycles. The van der Waals surface area contributed by atoms with Crippen molar-refractivity contribution < 1.29 is 4.42 Å². The largest absolute Gasteiger partial charge is 0.403 e. The average Bonchev–Trinajstić information content (AvgIpc) is 3.09. The molecule has 0 bridgehead atoms. The molecule has 0 atom stereocenters. The zero-order chi connectivity index (χ0) is 17.2. The molecule has 0 amide bonds. The predicted octanol–water partition coefficient (Wildman–Crippen LogP) is 3.25. The summed E-state index contributed by atoms with van der Waals surface area (Å²) in [6.45, 7) is 1.73. The Morgan fingerprint density at radius 2 is 1.72 bits per heavy atom. The van der Waals surface area contributed by atoms with Crippen molar-refractivity contribution in [3.63, 3.8) is 0 Å². The Hall–Kier alpha value is -3.54. The van der Waals surface area contributed by atoms with Gasteiger partial charge in [-0.3, -0.25) is 4.79 Å². The van der Waals surface area contributed by atoms with Gasteiger partial charge in [0.05, 0.1) is 10.9 Å². The van der Waals surface area contributed by atoms with E-state index in [0.29, 0.717) is 22.6 Å². The second-order valence-corrected chi connectivity index (χ2v) is 5.48. The zero-order valence-electron chi connectivity index (χ0n) is 13.5. The predicted molar refractivity (Wildman–Crippen MR) is 95.3 cm³/mol. The van der Waals surface area contributed by atoms with Gasteiger partial charge in [-0.1, -0.05) is 47.6 Å². The van der Waals surface area contributed by atoms with Crippen LogP contribution in [0.15, 0.2) is 63.8 Å². The lowest BCUT2D eigenvalue weighted by molar-refractivity contribution is 0.506. The molecule has 0 unspecified atom stereocenters. The molecule has 6 heteroatoms. The van der Waals surface area contributed by atoms with Crippen molar-refractivity contribution in [1.29, 1.82) is 0 Å². The van der Waals surface area contributed by atoms with Crippen LogP contribution in [0, 0.1) is 6.92 Å². The molecule has 0 radical (unpaired) electrons. The smallest absolute Gasteiger partial charge is 0.331 e. The Morgan fingerprint density at radius 3 is 2.56 bits per heavy atom. The fourth-order valence-electron chi connectivity index (χ4n) is 2.58. The summed E-state index contributed by atoms with van der Waals surface area (Å²) in [5.41, 5.74) is 1.43. The minimum atomic E-state index is -0.231. The maximum absolute atomic E-state index is 12.7. The minimum absolute atomic E-state index is 0.105. The van der Waals surface area contributed by atoms with Gasteiger partial charge in [-0.2, -0.15) is 0 Å². The number of aryl methyl sites for hydroxylation is 1. The second kappa shape index (κ2) is 6.16. The summed E-state index contributed by atoms with van der Waals surface area (Å²) in [6, 6.07) is 17.1. The number of nitrogens with zero attached hydrogens (tertiary/aromatic N) is 4. The fraction of sp³-hybridized carbons (Fsp3) is 0.0526. The van der Waals surface area contributed by atoms with Gasteiger partial charge in [0.15, 0.2) is 0 Å². The van der Waals surface area contributed by atoms with Crippen molar-refractivity contribution in [2.45, 2.75) is 6.92 Å². The van der Waals surface area contributed by atoms with Gasteiger partial charge >= 0.3 is 6.01 Å². The molecule has 4 aromatic rings. The van der Waals surface area contributed by atoms with Gasteiger partial charge in [-0.15, -0.1) is 5.10 Å². The van der Waals surface area contributed by atoms with Gasteiger partial charge < -0.3 is 4.42 Å². The molecule has 2 aromatic carbocycles. The summed E-state index contributed by atoms with van der Waals surface area (Å²) < 4.78 is 6.94. The maximum Gasteiger partial charge on any atom is 0.331 e. The van der Waals surface area contributed by atoms with Gasteiger partial charge in [-0.25, -0.2) is 9.55 Å². The fourth-order valence-corrected chi connectivity index (χ4v) is 2.58. The van der Waals surface area contributed by atoms with Gasteiger partial charge in [0.1, 0.15) is 5.82 Å². The van der Waals surface area contributed by atoms with Gasteiger partial charge in [-0.05, 0) is 30.7 Å². The first-order chi connectivity index (χ1) is 12.2. The lowest BCUT2D eigenvalue weighted by atomic mass is 10.2. The maximum atomic E-state index is 12.7. The Labute approximate surface area is 143 Å². The van der Waals surface area contributed by atoms with Crippen molar-refractivity contribution in [3.8, 4) is 6.01 Å². The van der Waals surface area contributed by atoms with Gasteiger partial charge in [0.25, 0.3) is 5.56 Å². The highest BCUT2D eigenvalue weighted by atomic mass is 16.4. The summed E-state index contributed by atoms with van der Waals surface area (Å²) in [6.07, 6.45) is 3.58. The number of fused-ring (bicyclic) bond motifs is 1. The lowest BCUT2D eigenvalue weighted by Crippen LogP contribution is -2.22. The SMILES string of the molecule is Cc1nc2ccccc2c(=O)n1-c1nnc(/C=C\c2ccccc2)o1. The van der Waals surface area contributed by atoms with Crippen LogP contribution in [0.2, 0.25) is 0 Å². The molecule has 0 aliphatic heterocycles. The Morgan fingerprint density at radius 1 is 0.960 bits per heavy atom. The second-order valence-electron chi connectivity index (χ2n) is 5.48. The van der Waals surface area contributed by atoms with Gasteiger partial charge in [0.2, 0.25) is 5.89 Å². The summed E-state index contributed by atoms with van der Waals surface area (Å²) in [5, 5.41) is 8.47. The molecule has 0 aliphatic carbocycles. The number of hydrogen-bond acceptors (Lipinski definition) is 5. The van der Waals surface area contributed by atoms with E-state index in [9.17, 15) is 4.79 Å². The van der Waals surface area contributed by atoms with E-state index in [-0.39, 0.29) is 11.6 Å². The van der Waals surface area contributed by atoms with Crippen LogP contribution in [0.3, 0.4) is 0 Å². The monoisotopic (exact) mass is 330 g/mol. The van der Waals surface area contributed by atoms with Crippen LogP contribution in [0.1, 0.15) is 17.3 Å². The molecular formula is C19H14N4O2. The van der Waals surface area contributed by atoms with E-state index < -0.39 is 0 Å². The minimum Gasteiger partial charge on any atom is -0.403 e. The molecular weight excluding hydrogens is 316 g/mol. The Balaban J connectivity index is 1.74. The van der Waals surface area contributed by atoms with E-state index in [1.165, 1.54) is 4.57 Å². The summed E-state index contributed by atoms with van der Waals surface area (Å²) in [7, 11) is 0. The highest BCUT2D eigenvalue weighted by Gasteiger charge is 2.14. The van der Waals surface area contributed by atoms with Crippen LogP contribution in [0.25, 0.3) is 29.1 Å². The third kappa shape index (κ3) is 2.85. The van der Waals surface area contributed by atoms with Crippen molar-refractivity contribution in [3.05, 3.63) is 82.2 Å². The number of hydrogen-bond donors (Lipinski definition) is 0. The summed E-state index contributed by atoms with van der Waals surface area (Å²) >= 11 is 0. The molecule has 0 spiro atoms. The van der Waals surface area contributed by atoms with E-state index in [0.717, 1.165) is 5.56 Å². The molecule has 25 heavy (non-hydrogen) atoms. The highest BCUT2D eigenvalue weighted by Crippen LogP contribution is 2.13. The molecule has 0 aliphatic rings. The Bertz CT molecular complexity index is 1130. The van der Waals surface area contributed by atoms with Crippen molar-refractivity contribution in [2.75, 3.05) is 0 Å². The standard InChI is InChI=1S/C19H14N4O2/c1-13-20-16-10-6-5-9-15(16)18(24)23(13)19-22-21-17(25-19)12-11-14-7-3-2-4-8-14/h2-12H,1H3/b12-11-. The number of para-hydroxylation sites is 1. The molecule has 6 nitrogen and oxygen atoms in total. The molecule has 0 saturated carbocycles. The number of rotatable bonds is 3. The Kier molecular flexibility index (Phi) is 3.70.